The van der Waals surface area contributed by atoms with Gasteiger partial charge in [0, 0.05) is 11.6 Å². The van der Waals surface area contributed by atoms with Crippen molar-refractivity contribution in [2.24, 2.45) is 0 Å². The van der Waals surface area contributed by atoms with Gasteiger partial charge in [0.1, 0.15) is 11.5 Å². The van der Waals surface area contributed by atoms with Crippen molar-refractivity contribution in [1.82, 2.24) is 5.32 Å². The van der Waals surface area contributed by atoms with Gasteiger partial charge in [0.2, 0.25) is 5.91 Å². The van der Waals surface area contributed by atoms with Gasteiger partial charge in [-0.15, -0.1) is 0 Å². The molecule has 0 spiro atoms. The molecule has 1 aliphatic carbocycles. The summed E-state index contributed by atoms with van der Waals surface area (Å²) in [7, 11) is 0. The lowest BCUT2D eigenvalue weighted by Gasteiger charge is -2.26. The van der Waals surface area contributed by atoms with Crippen LogP contribution in [0.4, 0.5) is 13.2 Å². The minimum Gasteiger partial charge on any atom is -0.508 e. The average molecular weight is 417 g/mol. The Morgan fingerprint density at radius 2 is 1.97 bits per heavy atom. The number of ether oxygens (including phenoxy) is 1. The number of phenolic OH excluding ortho intramolecular Hbond substituents is 1. The number of hydrogen-bond donors (Lipinski definition) is 2. The second-order valence-corrected chi connectivity index (χ2v) is 7.67. The summed E-state index contributed by atoms with van der Waals surface area (Å²) >= 11 is 0. The number of carbonyl (C=O) groups is 1. The van der Waals surface area contributed by atoms with Crippen molar-refractivity contribution in [3.63, 3.8) is 0 Å². The number of rotatable bonds is 2. The molecular formula is C23H22F3NO3. The number of hydrogen-bond acceptors (Lipinski definition) is 3. The zero-order valence-corrected chi connectivity index (χ0v) is 16.3. The molecule has 7 heteroatoms. The van der Waals surface area contributed by atoms with Crippen LogP contribution in [0.25, 0.3) is 5.57 Å². The molecule has 30 heavy (non-hydrogen) atoms. The fourth-order valence-electron chi connectivity index (χ4n) is 4.12. The summed E-state index contributed by atoms with van der Waals surface area (Å²) in [5.74, 6) is -0.00295. The third-order valence-electron chi connectivity index (χ3n) is 5.57. The number of alkyl halides is 3. The van der Waals surface area contributed by atoms with Gasteiger partial charge in [-0.3, -0.25) is 4.79 Å². The lowest BCUT2D eigenvalue weighted by molar-refractivity contribution is -0.137. The number of nitrogens with one attached hydrogen (secondary N) is 1. The van der Waals surface area contributed by atoms with Gasteiger partial charge in [0.05, 0.1) is 18.2 Å². The molecule has 2 aliphatic rings. The summed E-state index contributed by atoms with van der Waals surface area (Å²) in [6, 6.07) is 8.36. The average Bonchev–Trinajstić information content (AvgIpc) is 2.89. The third kappa shape index (κ3) is 4.30. The van der Waals surface area contributed by atoms with Gasteiger partial charge in [-0.1, -0.05) is 12.1 Å². The van der Waals surface area contributed by atoms with E-state index >= 15 is 0 Å². The predicted octanol–water partition coefficient (Wildman–Crippen LogP) is 5.16. The smallest absolute Gasteiger partial charge is 0.416 e. The quantitative estimate of drug-likeness (QED) is 0.664. The first-order valence-electron chi connectivity index (χ1n) is 9.98. The Kier molecular flexibility index (Phi) is 5.45. The molecule has 4 rings (SSSR count). The van der Waals surface area contributed by atoms with E-state index in [0.717, 1.165) is 42.5 Å². The minimum absolute atomic E-state index is 0.148. The molecule has 0 saturated heterocycles. The highest BCUT2D eigenvalue weighted by molar-refractivity contribution is 5.96. The van der Waals surface area contributed by atoms with Crippen LogP contribution in [-0.2, 0) is 17.4 Å². The predicted molar refractivity (Wildman–Crippen MR) is 106 cm³/mol. The maximum atomic E-state index is 13.0. The molecule has 1 atom stereocenters. The second-order valence-electron chi connectivity index (χ2n) is 7.67. The fourth-order valence-corrected chi connectivity index (χ4v) is 4.12. The molecule has 1 amide bonds. The van der Waals surface area contributed by atoms with Crippen molar-refractivity contribution in [2.75, 3.05) is 6.61 Å². The van der Waals surface area contributed by atoms with Crippen molar-refractivity contribution in [1.29, 1.82) is 0 Å². The molecule has 1 heterocycles. The van der Waals surface area contributed by atoms with Crippen molar-refractivity contribution in [2.45, 2.75) is 44.3 Å². The van der Waals surface area contributed by atoms with Crippen LogP contribution < -0.4 is 10.1 Å². The summed E-state index contributed by atoms with van der Waals surface area (Å²) in [4.78, 5) is 12.8. The molecule has 1 aliphatic heterocycles. The number of benzene rings is 2. The van der Waals surface area contributed by atoms with E-state index in [-0.39, 0.29) is 23.4 Å². The largest absolute Gasteiger partial charge is 0.508 e. The van der Waals surface area contributed by atoms with Gasteiger partial charge in [-0.2, -0.15) is 13.2 Å². The van der Waals surface area contributed by atoms with Gasteiger partial charge in [-0.05, 0) is 73.1 Å². The molecule has 2 aromatic carbocycles. The van der Waals surface area contributed by atoms with Crippen LogP contribution in [0.15, 0.2) is 42.5 Å². The van der Waals surface area contributed by atoms with Crippen LogP contribution in [0, 0.1) is 0 Å². The lowest BCUT2D eigenvalue weighted by Crippen LogP contribution is -2.29. The zero-order valence-electron chi connectivity index (χ0n) is 16.3. The first-order chi connectivity index (χ1) is 14.3. The first kappa shape index (κ1) is 20.3. The van der Waals surface area contributed by atoms with E-state index in [0.29, 0.717) is 30.6 Å². The summed E-state index contributed by atoms with van der Waals surface area (Å²) in [5, 5.41) is 12.8. The van der Waals surface area contributed by atoms with Crippen LogP contribution in [0.3, 0.4) is 0 Å². The molecule has 2 aromatic rings. The molecule has 158 valence electrons. The van der Waals surface area contributed by atoms with Crippen LogP contribution >= 0.6 is 0 Å². The highest BCUT2D eigenvalue weighted by atomic mass is 19.4. The molecule has 0 bridgehead atoms. The van der Waals surface area contributed by atoms with Crippen molar-refractivity contribution >= 4 is 11.5 Å². The third-order valence-corrected chi connectivity index (χ3v) is 5.57. The maximum Gasteiger partial charge on any atom is 0.416 e. The topological polar surface area (TPSA) is 58.6 Å². The number of carbonyl (C=O) groups excluding carboxylic acids is 1. The van der Waals surface area contributed by atoms with Gasteiger partial charge < -0.3 is 15.2 Å². The second kappa shape index (κ2) is 8.05. The molecule has 0 fully saturated rings. The summed E-state index contributed by atoms with van der Waals surface area (Å²) < 4.78 is 44.6. The van der Waals surface area contributed by atoms with E-state index in [4.69, 9.17) is 4.74 Å². The highest BCUT2D eigenvalue weighted by Crippen LogP contribution is 2.38. The van der Waals surface area contributed by atoms with Gasteiger partial charge >= 0.3 is 6.18 Å². The van der Waals surface area contributed by atoms with Crippen molar-refractivity contribution < 1.29 is 27.8 Å². The Bertz CT molecular complexity index is 998. The number of halogens is 3. The van der Waals surface area contributed by atoms with Crippen LogP contribution in [0.5, 0.6) is 11.5 Å². The van der Waals surface area contributed by atoms with E-state index in [2.05, 4.69) is 5.32 Å². The maximum absolute atomic E-state index is 13.0. The van der Waals surface area contributed by atoms with Crippen LogP contribution in [0.1, 0.15) is 54.0 Å². The van der Waals surface area contributed by atoms with E-state index in [1.807, 2.05) is 6.07 Å². The van der Waals surface area contributed by atoms with Crippen molar-refractivity contribution in [3.8, 4) is 11.5 Å². The Hall–Kier alpha value is -2.96. The Morgan fingerprint density at radius 3 is 2.77 bits per heavy atom. The Labute approximate surface area is 172 Å². The number of fused-ring (bicyclic) bond motifs is 2. The van der Waals surface area contributed by atoms with E-state index < -0.39 is 11.7 Å². The van der Waals surface area contributed by atoms with Crippen LogP contribution in [0.2, 0.25) is 0 Å². The standard InChI is InChI=1S/C23H22F3NO3/c24-23(25,26)16-7-9-18-15(4-2-10-30-21(18)12-16)11-22(29)27-20-5-1-3-14-6-8-17(28)13-19(14)20/h6-9,11-13,20,28H,1-5,10H2,(H,27,29)/b15-11+. The monoisotopic (exact) mass is 417 g/mol. The summed E-state index contributed by atoms with van der Waals surface area (Å²) in [6.45, 7) is 0.294. The number of aryl methyl sites for hydroxylation is 1. The summed E-state index contributed by atoms with van der Waals surface area (Å²) in [6.07, 6.45) is 0.734. The van der Waals surface area contributed by atoms with Crippen molar-refractivity contribution in [3.05, 3.63) is 64.7 Å². The molecule has 4 nitrogen and oxygen atoms in total. The van der Waals surface area contributed by atoms with E-state index in [1.54, 1.807) is 12.1 Å². The number of amides is 1. The number of phenols is 1. The molecule has 0 radical (unpaired) electrons. The first-order valence-corrected chi connectivity index (χ1v) is 9.98. The van der Waals surface area contributed by atoms with Gasteiger partial charge in [0.15, 0.2) is 0 Å². The van der Waals surface area contributed by atoms with Crippen LogP contribution in [-0.4, -0.2) is 17.6 Å². The van der Waals surface area contributed by atoms with Gasteiger partial charge in [0.25, 0.3) is 0 Å². The molecule has 0 saturated carbocycles. The lowest BCUT2D eigenvalue weighted by atomic mass is 9.87. The number of aromatic hydroxyl groups is 1. The zero-order chi connectivity index (χ0) is 21.3. The minimum atomic E-state index is -4.45. The molecule has 0 aromatic heterocycles. The molecular weight excluding hydrogens is 395 g/mol. The summed E-state index contributed by atoms with van der Waals surface area (Å²) in [5.41, 5.74) is 2.40. The van der Waals surface area contributed by atoms with E-state index in [1.165, 1.54) is 12.1 Å². The van der Waals surface area contributed by atoms with Gasteiger partial charge in [-0.25, -0.2) is 0 Å². The van der Waals surface area contributed by atoms with E-state index in [9.17, 15) is 23.1 Å². The fraction of sp³-hybridized carbons (Fsp3) is 0.348. The SMILES string of the molecule is O=C(/C=C1\CCCOc2cc(C(F)(F)F)ccc21)NC1CCCc2ccc(O)cc21. The Balaban J connectivity index is 1.59. The normalized spacial score (nSPS) is 20.0. The number of allylic oxidation sites excluding steroid dienone is 1. The molecule has 1 unspecified atom stereocenters. The molecule has 2 N–H and O–H groups in total. The Morgan fingerprint density at radius 1 is 1.13 bits per heavy atom. The highest BCUT2D eigenvalue weighted by Gasteiger charge is 2.32.